The average Bonchev–Trinajstić information content (AvgIpc) is 2.43. The molecule has 2 N–H and O–H groups in total. The Morgan fingerprint density at radius 1 is 0.960 bits per heavy atom. The summed E-state index contributed by atoms with van der Waals surface area (Å²) in [5.74, 6) is 0.702. The van der Waals surface area contributed by atoms with E-state index in [1.807, 2.05) is 19.1 Å². The number of benzene rings is 1. The van der Waals surface area contributed by atoms with E-state index in [2.05, 4.69) is 54.5 Å². The van der Waals surface area contributed by atoms with E-state index in [1.54, 1.807) is 6.07 Å². The number of hydrogen-bond acceptors (Lipinski definition) is 3. The van der Waals surface area contributed by atoms with Crippen LogP contribution in [0.15, 0.2) is 45.4 Å². The smallest absolute Gasteiger partial charge is 0.129 e. The number of thioether (sulfide) groups is 1. The van der Waals surface area contributed by atoms with Crippen molar-refractivity contribution in [1.29, 1.82) is 0 Å². The maximum atomic E-state index is 11.4. The summed E-state index contributed by atoms with van der Waals surface area (Å²) in [4.78, 5) is 1.62. The number of rotatable bonds is 2. The van der Waals surface area contributed by atoms with Gasteiger partial charge in [-0.15, -0.1) is 0 Å². The number of allylic oxidation sites excluding steroid dienone is 3. The van der Waals surface area contributed by atoms with Gasteiger partial charge in [0.2, 0.25) is 0 Å². The number of aliphatic hydroxyl groups is 1. The van der Waals surface area contributed by atoms with Gasteiger partial charge in [0.1, 0.15) is 11.5 Å². The molecule has 1 aromatic rings. The van der Waals surface area contributed by atoms with Gasteiger partial charge in [-0.3, -0.25) is 0 Å². The zero-order valence-electron chi connectivity index (χ0n) is 16.8. The Balaban J connectivity index is 2.64. The van der Waals surface area contributed by atoms with Gasteiger partial charge in [0, 0.05) is 5.41 Å². The highest BCUT2D eigenvalue weighted by molar-refractivity contribution is 8.03. The molecule has 1 aliphatic rings. The first-order valence-corrected chi connectivity index (χ1v) is 9.69. The number of aliphatic hydroxyl groups excluding tert-OH is 1. The molecule has 0 bridgehead atoms. The van der Waals surface area contributed by atoms with E-state index in [9.17, 15) is 10.2 Å². The fourth-order valence-corrected chi connectivity index (χ4v) is 5.51. The molecular weight excluding hydrogens is 328 g/mol. The number of aromatic hydroxyl groups is 1. The summed E-state index contributed by atoms with van der Waals surface area (Å²) in [6.07, 6.45) is 2.91. The van der Waals surface area contributed by atoms with Gasteiger partial charge in [0.15, 0.2) is 0 Å². The van der Waals surface area contributed by atoms with Crippen LogP contribution in [-0.4, -0.2) is 10.2 Å². The molecule has 0 radical (unpaired) electrons. The Labute approximate surface area is 157 Å². The Kier molecular flexibility index (Phi) is 5.13. The van der Waals surface area contributed by atoms with E-state index in [4.69, 9.17) is 0 Å². The third kappa shape index (κ3) is 3.48. The average molecular weight is 361 g/mol. The lowest BCUT2D eigenvalue weighted by molar-refractivity contribution is -0.0324. The SMILES string of the molecule is CC1=CC(Sc2cc(C)ccc2O)=C(O)C(C(C)(C)C)(C(C)(C)C)C1. The normalized spacial score (nSPS) is 18.3. The fraction of sp³-hybridized carbons (Fsp3) is 0.545. The van der Waals surface area contributed by atoms with E-state index in [1.165, 1.54) is 17.3 Å². The summed E-state index contributed by atoms with van der Waals surface area (Å²) in [6.45, 7) is 17.4. The van der Waals surface area contributed by atoms with Gasteiger partial charge in [-0.25, -0.2) is 0 Å². The minimum atomic E-state index is -0.361. The maximum Gasteiger partial charge on any atom is 0.129 e. The van der Waals surface area contributed by atoms with Crippen LogP contribution in [-0.2, 0) is 0 Å². The van der Waals surface area contributed by atoms with Crippen molar-refractivity contribution in [2.24, 2.45) is 16.2 Å². The van der Waals surface area contributed by atoms with Crippen LogP contribution in [0.3, 0.4) is 0 Å². The van der Waals surface area contributed by atoms with E-state index in [0.29, 0.717) is 5.76 Å². The minimum absolute atomic E-state index is 0.106. The van der Waals surface area contributed by atoms with Crippen molar-refractivity contribution >= 4 is 11.8 Å². The van der Waals surface area contributed by atoms with Crippen molar-refractivity contribution in [2.45, 2.75) is 66.7 Å². The Hall–Kier alpha value is -1.35. The third-order valence-corrected chi connectivity index (χ3v) is 6.53. The van der Waals surface area contributed by atoms with Crippen LogP contribution < -0.4 is 0 Å². The Morgan fingerprint density at radius 3 is 2.04 bits per heavy atom. The van der Waals surface area contributed by atoms with Gasteiger partial charge < -0.3 is 10.2 Å². The monoisotopic (exact) mass is 360 g/mol. The summed E-state index contributed by atoms with van der Waals surface area (Å²) in [7, 11) is 0. The third-order valence-electron chi connectivity index (χ3n) is 5.46. The van der Waals surface area contributed by atoms with E-state index in [-0.39, 0.29) is 22.0 Å². The van der Waals surface area contributed by atoms with Gasteiger partial charge in [0.25, 0.3) is 0 Å². The van der Waals surface area contributed by atoms with Crippen molar-refractivity contribution in [3.8, 4) is 5.75 Å². The molecule has 0 heterocycles. The second-order valence-corrected chi connectivity index (χ2v) is 10.4. The van der Waals surface area contributed by atoms with Crippen LogP contribution in [0.2, 0.25) is 0 Å². The van der Waals surface area contributed by atoms with Crippen molar-refractivity contribution < 1.29 is 10.2 Å². The zero-order chi connectivity index (χ0) is 19.2. The van der Waals surface area contributed by atoms with Gasteiger partial charge in [-0.1, -0.05) is 64.9 Å². The van der Waals surface area contributed by atoms with Crippen LogP contribution in [0.25, 0.3) is 0 Å². The first-order valence-electron chi connectivity index (χ1n) is 8.88. The highest BCUT2D eigenvalue weighted by Crippen LogP contribution is 2.62. The molecule has 138 valence electrons. The molecule has 0 aromatic heterocycles. The highest BCUT2D eigenvalue weighted by Gasteiger charge is 2.55. The fourth-order valence-electron chi connectivity index (χ4n) is 4.32. The molecule has 2 nitrogen and oxygen atoms in total. The molecule has 0 fully saturated rings. The molecule has 1 aromatic carbocycles. The summed E-state index contributed by atoms with van der Waals surface area (Å²) in [5, 5.41) is 21.6. The molecule has 0 saturated carbocycles. The van der Waals surface area contributed by atoms with Gasteiger partial charge in [0.05, 0.1) is 9.80 Å². The molecule has 0 saturated heterocycles. The van der Waals surface area contributed by atoms with E-state index >= 15 is 0 Å². The predicted molar refractivity (Wildman–Crippen MR) is 108 cm³/mol. The van der Waals surface area contributed by atoms with Crippen molar-refractivity contribution in [3.63, 3.8) is 0 Å². The molecular formula is C22H32O2S. The molecule has 0 unspecified atom stereocenters. The van der Waals surface area contributed by atoms with Crippen LogP contribution in [0, 0.1) is 23.2 Å². The van der Waals surface area contributed by atoms with Crippen LogP contribution in [0.5, 0.6) is 5.75 Å². The molecule has 3 heteroatoms. The zero-order valence-corrected chi connectivity index (χ0v) is 17.6. The van der Waals surface area contributed by atoms with E-state index < -0.39 is 0 Å². The van der Waals surface area contributed by atoms with Gasteiger partial charge in [-0.2, -0.15) is 0 Å². The maximum absolute atomic E-state index is 11.4. The summed E-state index contributed by atoms with van der Waals surface area (Å²) < 4.78 is 0. The second kappa shape index (κ2) is 6.42. The standard InChI is InChI=1S/C22H32O2S/c1-14-9-10-16(23)17(11-14)25-18-12-15(2)13-22(19(18)24,20(3,4)5)21(6,7)8/h9-12,23-24H,13H2,1-8H3. The van der Waals surface area contributed by atoms with Gasteiger partial charge >= 0.3 is 0 Å². The van der Waals surface area contributed by atoms with Gasteiger partial charge in [-0.05, 0) is 54.9 Å². The highest BCUT2D eigenvalue weighted by atomic mass is 32.2. The molecule has 0 atom stereocenters. The summed E-state index contributed by atoms with van der Waals surface area (Å²) in [6, 6.07) is 5.58. The topological polar surface area (TPSA) is 40.5 Å². The minimum Gasteiger partial charge on any atom is -0.510 e. The quantitative estimate of drug-likeness (QED) is 0.597. The first-order chi connectivity index (χ1) is 11.3. The van der Waals surface area contributed by atoms with Crippen molar-refractivity contribution in [1.82, 2.24) is 0 Å². The first kappa shape index (κ1) is 20.0. The van der Waals surface area contributed by atoms with Crippen molar-refractivity contribution in [2.75, 3.05) is 0 Å². The summed E-state index contributed by atoms with van der Waals surface area (Å²) in [5.41, 5.74) is 1.78. The summed E-state index contributed by atoms with van der Waals surface area (Å²) >= 11 is 1.45. The van der Waals surface area contributed by atoms with E-state index in [0.717, 1.165) is 21.8 Å². The molecule has 0 aliphatic heterocycles. The molecule has 1 aliphatic carbocycles. The Morgan fingerprint density at radius 2 is 1.52 bits per heavy atom. The lowest BCUT2D eigenvalue weighted by Gasteiger charge is -2.55. The number of phenolic OH excluding ortho intramolecular Hbond substituents is 1. The predicted octanol–water partition coefficient (Wildman–Crippen LogP) is 6.99. The largest absolute Gasteiger partial charge is 0.510 e. The Bertz CT molecular complexity index is 713. The number of hydrogen-bond donors (Lipinski definition) is 2. The lowest BCUT2D eigenvalue weighted by atomic mass is 9.50. The molecule has 0 amide bonds. The number of aryl methyl sites for hydroxylation is 1. The van der Waals surface area contributed by atoms with Crippen LogP contribution in [0.1, 0.15) is 60.5 Å². The molecule has 25 heavy (non-hydrogen) atoms. The lowest BCUT2D eigenvalue weighted by Crippen LogP contribution is -2.49. The van der Waals surface area contributed by atoms with Crippen LogP contribution in [0.4, 0.5) is 0 Å². The molecule has 2 rings (SSSR count). The van der Waals surface area contributed by atoms with Crippen molar-refractivity contribution in [3.05, 3.63) is 46.1 Å². The molecule has 0 spiro atoms. The number of phenols is 1. The second-order valence-electron chi connectivity index (χ2n) is 9.36. The van der Waals surface area contributed by atoms with Crippen LogP contribution >= 0.6 is 11.8 Å².